The summed E-state index contributed by atoms with van der Waals surface area (Å²) in [6.07, 6.45) is 0. The van der Waals surface area contributed by atoms with E-state index in [9.17, 15) is 13.2 Å². The second kappa shape index (κ2) is 7.12. The SMILES string of the molecule is Cc1cccc(C)c1OCCOC(=O)c1sccc1S(N)(=O)=O. The zero-order valence-corrected chi connectivity index (χ0v) is 14.4. The molecule has 0 bridgehead atoms. The van der Waals surface area contributed by atoms with Crippen LogP contribution in [0.25, 0.3) is 0 Å². The number of benzene rings is 1. The highest BCUT2D eigenvalue weighted by Gasteiger charge is 2.22. The number of carbonyl (C=O) groups excluding carboxylic acids is 1. The lowest BCUT2D eigenvalue weighted by molar-refractivity contribution is 0.0451. The Morgan fingerprint density at radius 3 is 2.43 bits per heavy atom. The van der Waals surface area contributed by atoms with Gasteiger partial charge in [-0.15, -0.1) is 11.3 Å². The first kappa shape index (κ1) is 17.5. The van der Waals surface area contributed by atoms with E-state index in [1.54, 1.807) is 0 Å². The molecule has 0 unspecified atom stereocenters. The summed E-state index contributed by atoms with van der Waals surface area (Å²) in [6, 6.07) is 7.07. The standard InChI is InChI=1S/C15H17NO5S2/c1-10-4-3-5-11(2)13(10)20-7-8-21-15(17)14-12(6-9-22-14)23(16,18)19/h3-6,9H,7-8H2,1-2H3,(H2,16,18,19). The van der Waals surface area contributed by atoms with Gasteiger partial charge in [0.05, 0.1) is 0 Å². The summed E-state index contributed by atoms with van der Waals surface area (Å²) in [5.41, 5.74) is 1.98. The van der Waals surface area contributed by atoms with E-state index in [1.807, 2.05) is 32.0 Å². The Balaban J connectivity index is 1.93. The maximum absolute atomic E-state index is 11.9. The minimum absolute atomic E-state index is 0.00850. The number of aryl methyl sites for hydroxylation is 2. The summed E-state index contributed by atoms with van der Waals surface area (Å²) in [7, 11) is -3.94. The van der Waals surface area contributed by atoms with Crippen molar-refractivity contribution in [2.75, 3.05) is 13.2 Å². The topological polar surface area (TPSA) is 95.7 Å². The van der Waals surface area contributed by atoms with Crippen LogP contribution in [0.5, 0.6) is 5.75 Å². The molecule has 0 saturated heterocycles. The van der Waals surface area contributed by atoms with E-state index in [4.69, 9.17) is 14.6 Å². The largest absolute Gasteiger partial charge is 0.489 e. The van der Waals surface area contributed by atoms with Gasteiger partial charge in [-0.25, -0.2) is 18.4 Å². The molecule has 1 heterocycles. The number of ether oxygens (including phenoxy) is 2. The summed E-state index contributed by atoms with van der Waals surface area (Å²) < 4.78 is 33.4. The molecule has 23 heavy (non-hydrogen) atoms. The fourth-order valence-corrected chi connectivity index (χ4v) is 3.90. The van der Waals surface area contributed by atoms with E-state index >= 15 is 0 Å². The second-order valence-corrected chi connectivity index (χ2v) is 7.31. The third-order valence-electron chi connectivity index (χ3n) is 3.09. The zero-order valence-electron chi connectivity index (χ0n) is 12.7. The van der Waals surface area contributed by atoms with Crippen LogP contribution in [0.15, 0.2) is 34.5 Å². The van der Waals surface area contributed by atoms with Crippen LogP contribution < -0.4 is 9.88 Å². The minimum Gasteiger partial charge on any atom is -0.489 e. The van der Waals surface area contributed by atoms with Crippen LogP contribution in [0.3, 0.4) is 0 Å². The van der Waals surface area contributed by atoms with Gasteiger partial charge in [0.15, 0.2) is 0 Å². The van der Waals surface area contributed by atoms with Crippen molar-refractivity contribution in [3.8, 4) is 5.75 Å². The van der Waals surface area contributed by atoms with Gasteiger partial charge in [0.1, 0.15) is 28.7 Å². The van der Waals surface area contributed by atoms with E-state index in [0.717, 1.165) is 28.2 Å². The first-order valence-electron chi connectivity index (χ1n) is 6.77. The molecule has 6 nitrogen and oxygen atoms in total. The normalized spacial score (nSPS) is 11.3. The second-order valence-electron chi connectivity index (χ2n) is 4.86. The number of nitrogens with two attached hydrogens (primary N) is 1. The van der Waals surface area contributed by atoms with E-state index in [-0.39, 0.29) is 23.0 Å². The number of rotatable bonds is 6. The molecule has 0 aliphatic heterocycles. The first-order chi connectivity index (χ1) is 10.8. The van der Waals surface area contributed by atoms with Crippen molar-refractivity contribution >= 4 is 27.3 Å². The molecule has 2 rings (SSSR count). The predicted octanol–water partition coefficient (Wildman–Crippen LogP) is 2.25. The van der Waals surface area contributed by atoms with Gasteiger partial charge < -0.3 is 9.47 Å². The van der Waals surface area contributed by atoms with Gasteiger partial charge in [-0.2, -0.15) is 0 Å². The molecule has 1 aromatic carbocycles. The van der Waals surface area contributed by atoms with E-state index < -0.39 is 16.0 Å². The molecule has 2 aromatic rings. The molecule has 8 heteroatoms. The molecule has 0 amide bonds. The highest BCUT2D eigenvalue weighted by molar-refractivity contribution is 7.89. The average Bonchev–Trinajstić information content (AvgIpc) is 2.95. The summed E-state index contributed by atoms with van der Waals surface area (Å²) in [6.45, 7) is 4.04. The fraction of sp³-hybridized carbons (Fsp3) is 0.267. The molecular weight excluding hydrogens is 338 g/mol. The van der Waals surface area contributed by atoms with Crippen LogP contribution in [-0.4, -0.2) is 27.6 Å². The number of para-hydroxylation sites is 1. The van der Waals surface area contributed by atoms with Crippen LogP contribution >= 0.6 is 11.3 Å². The third-order valence-corrected chi connectivity index (χ3v) is 5.07. The monoisotopic (exact) mass is 355 g/mol. The van der Waals surface area contributed by atoms with Crippen LogP contribution in [0, 0.1) is 13.8 Å². The summed E-state index contributed by atoms with van der Waals surface area (Å²) >= 11 is 0.969. The van der Waals surface area contributed by atoms with Crippen LogP contribution in [0.1, 0.15) is 20.8 Å². The number of primary sulfonamides is 1. The molecule has 0 atom stereocenters. The highest BCUT2D eigenvalue weighted by Crippen LogP contribution is 2.23. The van der Waals surface area contributed by atoms with Crippen molar-refractivity contribution in [1.29, 1.82) is 0 Å². The van der Waals surface area contributed by atoms with Crippen molar-refractivity contribution in [1.82, 2.24) is 0 Å². The maximum atomic E-state index is 11.9. The summed E-state index contributed by atoms with van der Waals surface area (Å²) in [4.78, 5) is 11.7. The summed E-state index contributed by atoms with van der Waals surface area (Å²) in [5.74, 6) is 0.0269. The lowest BCUT2D eigenvalue weighted by atomic mass is 10.1. The number of hydrogen-bond acceptors (Lipinski definition) is 6. The Morgan fingerprint density at radius 1 is 1.17 bits per heavy atom. The Kier molecular flexibility index (Phi) is 5.40. The van der Waals surface area contributed by atoms with E-state index in [1.165, 1.54) is 11.4 Å². The van der Waals surface area contributed by atoms with Crippen molar-refractivity contribution in [3.63, 3.8) is 0 Å². The lowest BCUT2D eigenvalue weighted by Gasteiger charge is -2.12. The number of hydrogen-bond donors (Lipinski definition) is 1. The Hall–Kier alpha value is -1.90. The van der Waals surface area contributed by atoms with Gasteiger partial charge in [-0.1, -0.05) is 18.2 Å². The van der Waals surface area contributed by atoms with Crippen molar-refractivity contribution < 1.29 is 22.7 Å². The number of esters is 1. The highest BCUT2D eigenvalue weighted by atomic mass is 32.2. The molecule has 1 aromatic heterocycles. The predicted molar refractivity (Wildman–Crippen MR) is 87.4 cm³/mol. The molecule has 0 radical (unpaired) electrons. The van der Waals surface area contributed by atoms with Gasteiger partial charge in [-0.05, 0) is 36.4 Å². The minimum atomic E-state index is -3.94. The molecule has 0 aliphatic rings. The quantitative estimate of drug-likeness (QED) is 0.633. The van der Waals surface area contributed by atoms with Gasteiger partial charge in [-0.3, -0.25) is 0 Å². The first-order valence-corrected chi connectivity index (χ1v) is 9.19. The average molecular weight is 355 g/mol. The molecular formula is C15H17NO5S2. The Labute approximate surface area is 138 Å². The van der Waals surface area contributed by atoms with Crippen molar-refractivity contribution in [2.24, 2.45) is 5.14 Å². The lowest BCUT2D eigenvalue weighted by Crippen LogP contribution is -2.17. The van der Waals surface area contributed by atoms with Crippen LogP contribution in [-0.2, 0) is 14.8 Å². The van der Waals surface area contributed by atoms with Crippen molar-refractivity contribution in [2.45, 2.75) is 18.7 Å². The molecule has 2 N–H and O–H groups in total. The smallest absolute Gasteiger partial charge is 0.349 e. The molecule has 0 fully saturated rings. The van der Waals surface area contributed by atoms with Crippen LogP contribution in [0.2, 0.25) is 0 Å². The van der Waals surface area contributed by atoms with E-state index in [2.05, 4.69) is 0 Å². The van der Waals surface area contributed by atoms with Crippen LogP contribution in [0.4, 0.5) is 0 Å². The van der Waals surface area contributed by atoms with Gasteiger partial charge in [0.25, 0.3) is 0 Å². The molecule has 0 aliphatic carbocycles. The van der Waals surface area contributed by atoms with Crippen molar-refractivity contribution in [3.05, 3.63) is 45.6 Å². The Morgan fingerprint density at radius 2 is 1.83 bits per heavy atom. The summed E-state index contributed by atoms with van der Waals surface area (Å²) in [5, 5.41) is 6.53. The van der Waals surface area contributed by atoms with Gasteiger partial charge in [0.2, 0.25) is 10.0 Å². The van der Waals surface area contributed by atoms with Gasteiger partial charge in [0, 0.05) is 0 Å². The number of sulfonamides is 1. The molecule has 124 valence electrons. The molecule has 0 saturated carbocycles. The fourth-order valence-electron chi connectivity index (χ4n) is 2.04. The zero-order chi connectivity index (χ0) is 17.0. The molecule has 0 spiro atoms. The van der Waals surface area contributed by atoms with E-state index in [0.29, 0.717) is 0 Å². The third kappa shape index (κ3) is 4.31. The maximum Gasteiger partial charge on any atom is 0.349 e. The van der Waals surface area contributed by atoms with Gasteiger partial charge >= 0.3 is 5.97 Å². The Bertz CT molecular complexity index is 791. The number of carbonyl (C=O) groups is 1. The number of thiophene rings is 1.